The van der Waals surface area contributed by atoms with Crippen molar-refractivity contribution in [1.29, 1.82) is 0 Å². The summed E-state index contributed by atoms with van der Waals surface area (Å²) in [4.78, 5) is 0. The van der Waals surface area contributed by atoms with Crippen molar-refractivity contribution in [3.8, 4) is 0 Å². The molecule has 0 bridgehead atoms. The van der Waals surface area contributed by atoms with Crippen molar-refractivity contribution in [3.05, 3.63) is 76.8 Å². The van der Waals surface area contributed by atoms with Gasteiger partial charge in [0.05, 0.1) is 17.3 Å². The zero-order valence-corrected chi connectivity index (χ0v) is 17.1. The van der Waals surface area contributed by atoms with Crippen LogP contribution in [0.3, 0.4) is 0 Å². The van der Waals surface area contributed by atoms with Crippen molar-refractivity contribution >= 4 is 19.7 Å². The third-order valence-electron chi connectivity index (χ3n) is 6.08. The van der Waals surface area contributed by atoms with Crippen LogP contribution in [0.4, 0.5) is 0 Å². The van der Waals surface area contributed by atoms with Crippen LogP contribution >= 0.6 is 0 Å². The first-order valence-corrected chi connectivity index (χ1v) is 9.75. The second-order valence-corrected chi connectivity index (χ2v) is 8.60. The zero-order valence-electron chi connectivity index (χ0n) is 17.1. The van der Waals surface area contributed by atoms with Crippen molar-refractivity contribution in [3.63, 3.8) is 0 Å². The van der Waals surface area contributed by atoms with Crippen LogP contribution in [0, 0.1) is 6.92 Å². The van der Waals surface area contributed by atoms with E-state index < -0.39 is 31.5 Å². The quantitative estimate of drug-likeness (QED) is 0.818. The summed E-state index contributed by atoms with van der Waals surface area (Å²) in [6, 6.07) is 18.0. The van der Waals surface area contributed by atoms with Gasteiger partial charge in [-0.25, -0.2) is 0 Å². The minimum absolute atomic E-state index is 0.430. The average Bonchev–Trinajstić information content (AvgIpc) is 3.09. The summed E-state index contributed by atoms with van der Waals surface area (Å²) in [6.07, 6.45) is -0.430. The average molecular weight is 376 g/mol. The lowest BCUT2D eigenvalue weighted by Gasteiger charge is -2.32. The van der Waals surface area contributed by atoms with E-state index in [1.807, 2.05) is 82.3 Å². The largest absolute Gasteiger partial charge is 0.493 e. The number of rotatable bonds is 3. The van der Waals surface area contributed by atoms with E-state index in [1.54, 1.807) is 0 Å². The third kappa shape index (κ3) is 3.25. The fourth-order valence-electron chi connectivity index (χ4n) is 3.70. The van der Waals surface area contributed by atoms with Gasteiger partial charge in [0.15, 0.2) is 0 Å². The topological polar surface area (TPSA) is 47.9 Å². The van der Waals surface area contributed by atoms with Crippen LogP contribution in [-0.2, 0) is 14.0 Å². The molecule has 2 aromatic rings. The predicted octanol–water partition coefficient (Wildman–Crippen LogP) is 4.17. The Bertz CT molecular complexity index is 875. The molecule has 0 aromatic heterocycles. The number of hydrogen-bond donors (Lipinski definition) is 1. The van der Waals surface area contributed by atoms with Crippen LogP contribution in [0.5, 0.6) is 0 Å². The highest BCUT2D eigenvalue weighted by Gasteiger charge is 2.56. The van der Waals surface area contributed by atoms with Crippen molar-refractivity contribution < 1.29 is 19.0 Å². The van der Waals surface area contributed by atoms with Crippen LogP contribution in [0.2, 0.25) is 0 Å². The first kappa shape index (κ1) is 19.5. The molecule has 1 saturated heterocycles. The molecule has 28 heavy (non-hydrogen) atoms. The van der Waals surface area contributed by atoms with Gasteiger partial charge in [-0.05, 0) is 56.7 Å². The van der Waals surface area contributed by atoms with Crippen molar-refractivity contribution in [2.24, 2.45) is 0 Å². The molecule has 0 aliphatic carbocycles. The Balaban J connectivity index is 1.85. The summed E-state index contributed by atoms with van der Waals surface area (Å²) in [6.45, 7) is 10.2. The van der Waals surface area contributed by atoms with E-state index in [9.17, 15) is 5.02 Å². The molecule has 2 aromatic carbocycles. The molecule has 0 saturated carbocycles. The third-order valence-corrected chi connectivity index (χ3v) is 6.08. The SMILES string of the molecule is Cc1ccc(C2OB(O)C(c3ccccc3)=C2B2OC(C)(C)C(C)(C)O2)cc1. The van der Waals surface area contributed by atoms with E-state index in [0.717, 1.165) is 22.1 Å². The van der Waals surface area contributed by atoms with E-state index in [-0.39, 0.29) is 0 Å². The monoisotopic (exact) mass is 376 g/mol. The Labute approximate surface area is 167 Å². The fraction of sp³-hybridized carbons (Fsp3) is 0.364. The van der Waals surface area contributed by atoms with Crippen molar-refractivity contribution in [2.45, 2.75) is 51.9 Å². The van der Waals surface area contributed by atoms with Crippen molar-refractivity contribution in [2.75, 3.05) is 0 Å². The smallest absolute Gasteiger partial charge is 0.423 e. The summed E-state index contributed by atoms with van der Waals surface area (Å²) < 4.78 is 18.7. The van der Waals surface area contributed by atoms with Gasteiger partial charge in [-0.15, -0.1) is 0 Å². The van der Waals surface area contributed by atoms with Gasteiger partial charge in [0.25, 0.3) is 0 Å². The highest BCUT2D eigenvalue weighted by Crippen LogP contribution is 2.47. The van der Waals surface area contributed by atoms with E-state index in [2.05, 4.69) is 6.92 Å². The Hall–Kier alpha value is -1.85. The fourth-order valence-corrected chi connectivity index (χ4v) is 3.70. The normalized spacial score (nSPS) is 23.6. The summed E-state index contributed by atoms with van der Waals surface area (Å²) in [5.41, 5.74) is 3.67. The standard InChI is InChI=1S/C22H26B2O4/c1-15-11-13-17(14-12-15)20-19(24-27-21(2,3)22(4,5)28-24)18(23(25)26-20)16-9-7-6-8-10-16/h6-14,20,25H,1-5H3. The molecule has 1 atom stereocenters. The Morgan fingerprint density at radius 2 is 1.43 bits per heavy atom. The van der Waals surface area contributed by atoms with E-state index in [0.29, 0.717) is 0 Å². The molecule has 0 amide bonds. The maximum absolute atomic E-state index is 10.8. The van der Waals surface area contributed by atoms with E-state index in [1.165, 1.54) is 5.56 Å². The molecule has 4 rings (SSSR count). The number of hydrogen-bond acceptors (Lipinski definition) is 4. The first-order valence-electron chi connectivity index (χ1n) is 9.75. The summed E-state index contributed by atoms with van der Waals surface area (Å²) in [5, 5.41) is 10.8. The molecule has 6 heteroatoms. The molecule has 1 N–H and O–H groups in total. The maximum atomic E-state index is 10.8. The Morgan fingerprint density at radius 1 is 0.857 bits per heavy atom. The van der Waals surface area contributed by atoms with Crippen LogP contribution in [0.15, 0.2) is 60.1 Å². The summed E-state index contributed by atoms with van der Waals surface area (Å²) >= 11 is 0. The summed E-state index contributed by atoms with van der Waals surface area (Å²) in [7, 11) is -1.63. The summed E-state index contributed by atoms with van der Waals surface area (Å²) in [5.74, 6) is 0. The first-order chi connectivity index (χ1) is 13.2. The molecule has 1 unspecified atom stereocenters. The predicted molar refractivity (Wildman–Crippen MR) is 112 cm³/mol. The second-order valence-electron chi connectivity index (χ2n) is 8.60. The molecular formula is C22H26B2O4. The highest BCUT2D eigenvalue weighted by molar-refractivity contribution is 6.74. The van der Waals surface area contributed by atoms with Crippen molar-refractivity contribution in [1.82, 2.24) is 0 Å². The molecule has 144 valence electrons. The van der Waals surface area contributed by atoms with Gasteiger partial charge < -0.3 is 19.0 Å². The molecule has 1 fully saturated rings. The molecule has 2 aliphatic rings. The van der Waals surface area contributed by atoms with E-state index in [4.69, 9.17) is 14.0 Å². The van der Waals surface area contributed by atoms with Gasteiger partial charge in [0.2, 0.25) is 0 Å². The molecule has 2 aliphatic heterocycles. The van der Waals surface area contributed by atoms with Crippen LogP contribution in [0.1, 0.15) is 50.5 Å². The number of benzene rings is 2. The Morgan fingerprint density at radius 3 is 2.00 bits per heavy atom. The van der Waals surface area contributed by atoms with Gasteiger partial charge in [0.1, 0.15) is 0 Å². The van der Waals surface area contributed by atoms with Gasteiger partial charge in [-0.2, -0.15) is 0 Å². The van der Waals surface area contributed by atoms with Crippen LogP contribution < -0.4 is 0 Å². The zero-order chi connectivity index (χ0) is 20.1. The maximum Gasteiger partial charge on any atom is 0.493 e. The molecular weight excluding hydrogens is 350 g/mol. The van der Waals surface area contributed by atoms with Crippen LogP contribution in [-0.4, -0.2) is 30.5 Å². The van der Waals surface area contributed by atoms with Gasteiger partial charge in [-0.3, -0.25) is 0 Å². The Kier molecular flexibility index (Phi) is 4.79. The highest BCUT2D eigenvalue weighted by atomic mass is 16.7. The minimum atomic E-state index is -1.04. The second kappa shape index (κ2) is 6.89. The molecule has 0 spiro atoms. The lowest BCUT2D eigenvalue weighted by atomic mass is 9.63. The van der Waals surface area contributed by atoms with Gasteiger partial charge in [-0.1, -0.05) is 60.2 Å². The van der Waals surface area contributed by atoms with E-state index >= 15 is 0 Å². The number of aryl methyl sites for hydroxylation is 1. The van der Waals surface area contributed by atoms with Crippen LogP contribution in [0.25, 0.3) is 5.47 Å². The molecule has 4 nitrogen and oxygen atoms in total. The minimum Gasteiger partial charge on any atom is -0.423 e. The molecule has 0 radical (unpaired) electrons. The molecule has 2 heterocycles. The van der Waals surface area contributed by atoms with Gasteiger partial charge >= 0.3 is 14.2 Å². The lowest BCUT2D eigenvalue weighted by molar-refractivity contribution is 0.00578. The lowest BCUT2D eigenvalue weighted by Crippen LogP contribution is -2.41. The van der Waals surface area contributed by atoms with Gasteiger partial charge in [0, 0.05) is 0 Å².